The van der Waals surface area contributed by atoms with Crippen LogP contribution in [-0.2, 0) is 0 Å². The molecule has 11 aromatic rings. The number of hydrogen-bond donors (Lipinski definition) is 0. The summed E-state index contributed by atoms with van der Waals surface area (Å²) >= 11 is 0. The predicted molar refractivity (Wildman–Crippen MR) is 239 cm³/mol. The van der Waals surface area contributed by atoms with Crippen LogP contribution < -0.4 is 4.90 Å². The third-order valence-electron chi connectivity index (χ3n) is 11.2. The van der Waals surface area contributed by atoms with Crippen molar-refractivity contribution in [2.45, 2.75) is 0 Å². The third kappa shape index (κ3) is 5.76. The molecule has 0 spiro atoms. The van der Waals surface area contributed by atoms with Gasteiger partial charge in [0.2, 0.25) is 0 Å². The zero-order valence-corrected chi connectivity index (χ0v) is 31.1. The first-order valence-electron chi connectivity index (χ1n) is 19.4. The molecule has 268 valence electrons. The van der Waals surface area contributed by atoms with Gasteiger partial charge in [-0.1, -0.05) is 133 Å². The molecule has 0 aliphatic heterocycles. The van der Waals surface area contributed by atoms with E-state index < -0.39 is 0 Å². The van der Waals surface area contributed by atoms with Gasteiger partial charge >= 0.3 is 0 Å². The summed E-state index contributed by atoms with van der Waals surface area (Å²) in [6.07, 6.45) is 0. The summed E-state index contributed by atoms with van der Waals surface area (Å²) < 4.78 is 8.58. The second-order valence-corrected chi connectivity index (χ2v) is 14.6. The Labute approximate surface area is 330 Å². The first kappa shape index (κ1) is 32.8. The van der Waals surface area contributed by atoms with Crippen LogP contribution in [-0.4, -0.2) is 4.57 Å². The average molecular weight is 729 g/mol. The number of rotatable bonds is 7. The highest BCUT2D eigenvalue weighted by Crippen LogP contribution is 2.39. The Bertz CT molecular complexity index is 3200. The number of nitrogens with zero attached hydrogens (tertiary/aromatic N) is 2. The third-order valence-corrected chi connectivity index (χ3v) is 11.2. The summed E-state index contributed by atoms with van der Waals surface area (Å²) in [6, 6.07) is 78.1. The Morgan fingerprint density at radius 1 is 0.298 bits per heavy atom. The SMILES string of the molecule is c1ccc(-c2ccc(-n3c4ccccc4c4cc(-c5ccc(N(c6ccccc6)c6ccc(-c7ccc8c(c7)oc7ccccc78)cc6)cc5)ccc43)cc2)cc1. The van der Waals surface area contributed by atoms with E-state index in [0.717, 1.165) is 55.8 Å². The number of aromatic nitrogens is 1. The molecule has 3 nitrogen and oxygen atoms in total. The Kier molecular flexibility index (Phi) is 7.82. The lowest BCUT2D eigenvalue weighted by Crippen LogP contribution is -2.09. The monoisotopic (exact) mass is 728 g/mol. The van der Waals surface area contributed by atoms with Crippen LogP contribution in [0.25, 0.3) is 82.8 Å². The molecule has 0 aliphatic rings. The van der Waals surface area contributed by atoms with Crippen LogP contribution in [0.1, 0.15) is 0 Å². The second-order valence-electron chi connectivity index (χ2n) is 14.6. The molecule has 11 rings (SSSR count). The van der Waals surface area contributed by atoms with Gasteiger partial charge in [-0.25, -0.2) is 0 Å². The fourth-order valence-corrected chi connectivity index (χ4v) is 8.40. The van der Waals surface area contributed by atoms with E-state index in [1.54, 1.807) is 0 Å². The van der Waals surface area contributed by atoms with E-state index in [1.807, 2.05) is 12.1 Å². The van der Waals surface area contributed by atoms with Gasteiger partial charge in [0, 0.05) is 44.3 Å². The van der Waals surface area contributed by atoms with E-state index in [2.05, 4.69) is 216 Å². The van der Waals surface area contributed by atoms with Gasteiger partial charge in [-0.05, 0) is 118 Å². The van der Waals surface area contributed by atoms with E-state index in [-0.39, 0.29) is 0 Å². The van der Waals surface area contributed by atoms with E-state index in [9.17, 15) is 0 Å². The van der Waals surface area contributed by atoms with Crippen LogP contribution in [0.5, 0.6) is 0 Å². The highest BCUT2D eigenvalue weighted by Gasteiger charge is 2.16. The highest BCUT2D eigenvalue weighted by atomic mass is 16.3. The van der Waals surface area contributed by atoms with E-state index in [1.165, 1.54) is 44.1 Å². The molecule has 0 unspecified atom stereocenters. The van der Waals surface area contributed by atoms with Crippen LogP contribution >= 0.6 is 0 Å². The normalized spacial score (nSPS) is 11.5. The van der Waals surface area contributed by atoms with Gasteiger partial charge in [-0.3, -0.25) is 0 Å². The van der Waals surface area contributed by atoms with Gasteiger partial charge in [-0.15, -0.1) is 0 Å². The summed E-state index contributed by atoms with van der Waals surface area (Å²) in [7, 11) is 0. The minimum Gasteiger partial charge on any atom is -0.456 e. The molecule has 0 amide bonds. The van der Waals surface area contributed by atoms with Crippen LogP contribution in [0.2, 0.25) is 0 Å². The first-order chi connectivity index (χ1) is 28.2. The molecule has 2 aromatic heterocycles. The summed E-state index contributed by atoms with van der Waals surface area (Å²) in [4.78, 5) is 2.32. The molecule has 2 heterocycles. The van der Waals surface area contributed by atoms with Crippen LogP contribution in [0.3, 0.4) is 0 Å². The Hall–Kier alpha value is -7.62. The van der Waals surface area contributed by atoms with Gasteiger partial charge in [0.1, 0.15) is 11.2 Å². The Morgan fingerprint density at radius 2 is 0.772 bits per heavy atom. The lowest BCUT2D eigenvalue weighted by molar-refractivity contribution is 0.669. The highest BCUT2D eigenvalue weighted by molar-refractivity contribution is 6.10. The van der Waals surface area contributed by atoms with Gasteiger partial charge < -0.3 is 13.9 Å². The molecule has 0 saturated carbocycles. The number of anilines is 3. The van der Waals surface area contributed by atoms with E-state index in [0.29, 0.717) is 0 Å². The summed E-state index contributed by atoms with van der Waals surface area (Å²) in [5.74, 6) is 0. The topological polar surface area (TPSA) is 21.3 Å². The second kappa shape index (κ2) is 13.6. The Morgan fingerprint density at radius 3 is 1.49 bits per heavy atom. The number of hydrogen-bond acceptors (Lipinski definition) is 2. The fraction of sp³-hybridized carbons (Fsp3) is 0. The maximum Gasteiger partial charge on any atom is 0.136 e. The molecule has 57 heavy (non-hydrogen) atoms. The molecule has 0 aliphatic carbocycles. The lowest BCUT2D eigenvalue weighted by Gasteiger charge is -2.26. The van der Waals surface area contributed by atoms with E-state index in [4.69, 9.17) is 4.42 Å². The molecule has 0 N–H and O–H groups in total. The zero-order chi connectivity index (χ0) is 37.7. The molecule has 3 heteroatoms. The van der Waals surface area contributed by atoms with Gasteiger partial charge in [-0.2, -0.15) is 0 Å². The minimum atomic E-state index is 0.905. The number of para-hydroxylation sites is 3. The standard InChI is InChI=1S/C54H36N2O/c1-3-11-37(12-4-1)38-19-31-46(32-20-38)56-51-17-9-7-15-47(51)50-35-41(26-34-52(50)56)39-21-27-44(28-22-39)55(43-13-5-2-6-14-43)45-29-23-40(24-30-45)42-25-33-49-48-16-8-10-18-53(48)57-54(49)36-42/h1-36H. The zero-order valence-electron chi connectivity index (χ0n) is 31.1. The van der Waals surface area contributed by atoms with Crippen molar-refractivity contribution in [2.75, 3.05) is 4.90 Å². The van der Waals surface area contributed by atoms with E-state index >= 15 is 0 Å². The smallest absolute Gasteiger partial charge is 0.136 e. The summed E-state index contributed by atoms with van der Waals surface area (Å²) in [5, 5.41) is 4.77. The van der Waals surface area contributed by atoms with Gasteiger partial charge in [0.05, 0.1) is 11.0 Å². The first-order valence-corrected chi connectivity index (χ1v) is 19.4. The number of furan rings is 1. The van der Waals surface area contributed by atoms with Crippen molar-refractivity contribution in [3.63, 3.8) is 0 Å². The van der Waals surface area contributed by atoms with Crippen LogP contribution in [0, 0.1) is 0 Å². The van der Waals surface area contributed by atoms with Crippen molar-refractivity contribution in [1.29, 1.82) is 0 Å². The average Bonchev–Trinajstić information content (AvgIpc) is 3.83. The van der Waals surface area contributed by atoms with Crippen molar-refractivity contribution in [3.8, 4) is 39.1 Å². The summed E-state index contributed by atoms with van der Waals surface area (Å²) in [5.41, 5.74) is 15.7. The van der Waals surface area contributed by atoms with Crippen LogP contribution in [0.15, 0.2) is 223 Å². The fourth-order valence-electron chi connectivity index (χ4n) is 8.40. The van der Waals surface area contributed by atoms with Gasteiger partial charge in [0.25, 0.3) is 0 Å². The maximum absolute atomic E-state index is 6.20. The van der Waals surface area contributed by atoms with Crippen molar-refractivity contribution >= 4 is 60.8 Å². The minimum absolute atomic E-state index is 0.905. The summed E-state index contributed by atoms with van der Waals surface area (Å²) in [6.45, 7) is 0. The largest absolute Gasteiger partial charge is 0.456 e. The molecule has 9 aromatic carbocycles. The molecule has 0 bridgehead atoms. The molecule has 0 saturated heterocycles. The molecular formula is C54H36N2O. The maximum atomic E-state index is 6.20. The van der Waals surface area contributed by atoms with Crippen molar-refractivity contribution in [2.24, 2.45) is 0 Å². The van der Waals surface area contributed by atoms with Crippen molar-refractivity contribution in [1.82, 2.24) is 4.57 Å². The molecule has 0 radical (unpaired) electrons. The number of fused-ring (bicyclic) bond motifs is 6. The number of benzene rings is 9. The lowest BCUT2D eigenvalue weighted by atomic mass is 10.0. The van der Waals surface area contributed by atoms with Crippen LogP contribution in [0.4, 0.5) is 17.1 Å². The predicted octanol–water partition coefficient (Wildman–Crippen LogP) is 15.2. The van der Waals surface area contributed by atoms with Gasteiger partial charge in [0.15, 0.2) is 0 Å². The quantitative estimate of drug-likeness (QED) is 0.163. The Balaban J connectivity index is 0.923. The molecular weight excluding hydrogens is 693 g/mol. The van der Waals surface area contributed by atoms with Crippen molar-refractivity contribution < 1.29 is 4.42 Å². The molecule has 0 atom stereocenters. The molecule has 0 fully saturated rings. The van der Waals surface area contributed by atoms with Crippen molar-refractivity contribution in [3.05, 3.63) is 218 Å².